The average Bonchev–Trinajstić information content (AvgIpc) is 3.23. The van der Waals surface area contributed by atoms with Crippen LogP contribution >= 0.6 is 11.3 Å². The molecular weight excluding hydrogens is 318 g/mol. The van der Waals surface area contributed by atoms with Crippen molar-refractivity contribution in [2.75, 3.05) is 6.54 Å². The molecule has 1 amide bonds. The Bertz CT molecular complexity index is 683. The molecule has 1 atom stereocenters. The number of nitrogens with zero attached hydrogens (tertiary/aromatic N) is 3. The molecule has 2 aromatic rings. The first kappa shape index (κ1) is 15.7. The number of aromatic nitrogens is 2. The number of hydrogen-bond acceptors (Lipinski definition) is 6. The molecule has 8 heteroatoms. The van der Waals surface area contributed by atoms with Gasteiger partial charge in [-0.2, -0.15) is 16.3 Å². The highest BCUT2D eigenvalue weighted by Gasteiger charge is 2.31. The molecule has 0 saturated carbocycles. The van der Waals surface area contributed by atoms with E-state index in [-0.39, 0.29) is 12.3 Å². The van der Waals surface area contributed by atoms with E-state index in [0.717, 1.165) is 18.4 Å². The van der Waals surface area contributed by atoms with E-state index in [1.165, 1.54) is 4.90 Å². The summed E-state index contributed by atoms with van der Waals surface area (Å²) in [5, 5.41) is 17.0. The molecule has 7 nitrogen and oxygen atoms in total. The SMILES string of the molecule is O=C(O)[C@H]1CCCCN1C(=O)CCc1nc(-c2ccsc2)no1. The Hall–Kier alpha value is -2.22. The van der Waals surface area contributed by atoms with Gasteiger partial charge in [0.1, 0.15) is 6.04 Å². The summed E-state index contributed by atoms with van der Waals surface area (Å²) < 4.78 is 5.16. The van der Waals surface area contributed by atoms with Crippen LogP contribution in [0.5, 0.6) is 0 Å². The van der Waals surface area contributed by atoms with Gasteiger partial charge in [0.2, 0.25) is 17.6 Å². The third-order valence-electron chi connectivity index (χ3n) is 3.91. The normalized spacial score (nSPS) is 18.1. The highest BCUT2D eigenvalue weighted by molar-refractivity contribution is 7.08. The number of carbonyl (C=O) groups excluding carboxylic acids is 1. The van der Waals surface area contributed by atoms with Crippen molar-refractivity contribution in [2.45, 2.75) is 38.1 Å². The molecule has 3 rings (SSSR count). The van der Waals surface area contributed by atoms with Crippen LogP contribution in [-0.4, -0.2) is 44.6 Å². The molecule has 0 aliphatic carbocycles. The Morgan fingerprint density at radius 1 is 1.43 bits per heavy atom. The van der Waals surface area contributed by atoms with Crippen LogP contribution in [0.2, 0.25) is 0 Å². The lowest BCUT2D eigenvalue weighted by Gasteiger charge is -2.32. The zero-order valence-corrected chi connectivity index (χ0v) is 13.3. The highest BCUT2D eigenvalue weighted by atomic mass is 32.1. The van der Waals surface area contributed by atoms with Gasteiger partial charge in [-0.05, 0) is 30.7 Å². The summed E-state index contributed by atoms with van der Waals surface area (Å²) in [6, 6.07) is 1.19. The van der Waals surface area contributed by atoms with Crippen LogP contribution in [0.3, 0.4) is 0 Å². The Balaban J connectivity index is 1.59. The Labute approximate surface area is 136 Å². The van der Waals surface area contributed by atoms with Crippen molar-refractivity contribution in [3.63, 3.8) is 0 Å². The van der Waals surface area contributed by atoms with Crippen molar-refractivity contribution in [3.8, 4) is 11.4 Å². The summed E-state index contributed by atoms with van der Waals surface area (Å²) in [7, 11) is 0. The monoisotopic (exact) mass is 335 g/mol. The van der Waals surface area contributed by atoms with Crippen molar-refractivity contribution in [3.05, 3.63) is 22.7 Å². The van der Waals surface area contributed by atoms with Gasteiger partial charge < -0.3 is 14.5 Å². The predicted octanol–water partition coefficient (Wildman–Crippen LogP) is 2.20. The molecule has 1 aliphatic rings. The summed E-state index contributed by atoms with van der Waals surface area (Å²) in [5.41, 5.74) is 0.887. The molecule has 0 bridgehead atoms. The van der Waals surface area contributed by atoms with Gasteiger partial charge >= 0.3 is 5.97 Å². The zero-order valence-electron chi connectivity index (χ0n) is 12.5. The van der Waals surface area contributed by atoms with Crippen molar-refractivity contribution in [1.82, 2.24) is 15.0 Å². The van der Waals surface area contributed by atoms with Crippen LogP contribution in [0.4, 0.5) is 0 Å². The maximum absolute atomic E-state index is 12.3. The second-order valence-corrected chi connectivity index (χ2v) is 6.24. The number of carboxylic acids is 1. The van der Waals surface area contributed by atoms with E-state index in [2.05, 4.69) is 10.1 Å². The minimum Gasteiger partial charge on any atom is -0.480 e. The first-order valence-corrected chi connectivity index (χ1v) is 8.47. The van der Waals surface area contributed by atoms with Gasteiger partial charge in [-0.25, -0.2) is 4.79 Å². The first-order chi connectivity index (χ1) is 11.1. The van der Waals surface area contributed by atoms with Crippen LogP contribution in [-0.2, 0) is 16.0 Å². The number of thiophene rings is 1. The van der Waals surface area contributed by atoms with Gasteiger partial charge in [-0.1, -0.05) is 5.16 Å². The first-order valence-electron chi connectivity index (χ1n) is 7.52. The summed E-state index contributed by atoms with van der Waals surface area (Å²) in [5.74, 6) is -0.207. The molecule has 3 heterocycles. The van der Waals surface area contributed by atoms with E-state index in [9.17, 15) is 14.7 Å². The van der Waals surface area contributed by atoms with Crippen molar-refractivity contribution in [1.29, 1.82) is 0 Å². The van der Waals surface area contributed by atoms with Crippen LogP contribution in [0.25, 0.3) is 11.4 Å². The van der Waals surface area contributed by atoms with E-state index in [0.29, 0.717) is 31.1 Å². The maximum Gasteiger partial charge on any atom is 0.326 e. The molecule has 0 radical (unpaired) electrons. The summed E-state index contributed by atoms with van der Waals surface area (Å²) in [4.78, 5) is 29.3. The van der Waals surface area contributed by atoms with Crippen LogP contribution in [0, 0.1) is 0 Å². The van der Waals surface area contributed by atoms with Gasteiger partial charge in [0.05, 0.1) is 0 Å². The van der Waals surface area contributed by atoms with E-state index >= 15 is 0 Å². The smallest absolute Gasteiger partial charge is 0.326 e. The molecular formula is C15H17N3O4S. The molecule has 1 fully saturated rings. The molecule has 122 valence electrons. The van der Waals surface area contributed by atoms with Crippen molar-refractivity contribution >= 4 is 23.2 Å². The fraction of sp³-hybridized carbons (Fsp3) is 0.467. The third-order valence-corrected chi connectivity index (χ3v) is 4.59. The number of aryl methyl sites for hydroxylation is 1. The second-order valence-electron chi connectivity index (χ2n) is 5.46. The number of amides is 1. The molecule has 0 spiro atoms. The van der Waals surface area contributed by atoms with E-state index < -0.39 is 12.0 Å². The number of hydrogen-bond donors (Lipinski definition) is 1. The van der Waals surface area contributed by atoms with Crippen molar-refractivity contribution < 1.29 is 19.2 Å². The van der Waals surface area contributed by atoms with Gasteiger partial charge in [-0.3, -0.25) is 4.79 Å². The number of rotatable bonds is 5. The molecule has 2 aromatic heterocycles. The Morgan fingerprint density at radius 2 is 2.30 bits per heavy atom. The van der Waals surface area contributed by atoms with Gasteiger partial charge in [0.25, 0.3) is 0 Å². The number of carboxylic acid groups (broad SMARTS) is 1. The lowest BCUT2D eigenvalue weighted by Crippen LogP contribution is -2.48. The molecule has 1 saturated heterocycles. The van der Waals surface area contributed by atoms with E-state index in [4.69, 9.17) is 4.52 Å². The standard InChI is InChI=1S/C15H17N3O4S/c19-13(18-7-2-1-3-11(18)15(20)21)5-4-12-16-14(17-22-12)10-6-8-23-9-10/h6,8-9,11H,1-5,7H2,(H,20,21)/t11-/m1/s1. The second kappa shape index (κ2) is 6.91. The fourth-order valence-electron chi connectivity index (χ4n) is 2.71. The molecule has 1 N–H and O–H groups in total. The molecule has 0 aromatic carbocycles. The highest BCUT2D eigenvalue weighted by Crippen LogP contribution is 2.21. The molecule has 0 unspecified atom stereocenters. The lowest BCUT2D eigenvalue weighted by atomic mass is 10.0. The Morgan fingerprint density at radius 3 is 3.04 bits per heavy atom. The number of piperidine rings is 1. The quantitative estimate of drug-likeness (QED) is 0.900. The van der Waals surface area contributed by atoms with Crippen LogP contribution in [0.15, 0.2) is 21.3 Å². The third kappa shape index (κ3) is 3.58. The van der Waals surface area contributed by atoms with E-state index in [1.54, 1.807) is 11.3 Å². The minimum atomic E-state index is -0.935. The summed E-state index contributed by atoms with van der Waals surface area (Å²) in [6.45, 7) is 0.500. The number of aliphatic carboxylic acids is 1. The van der Waals surface area contributed by atoms with Gasteiger partial charge in [0, 0.05) is 30.3 Å². The fourth-order valence-corrected chi connectivity index (χ4v) is 3.34. The largest absolute Gasteiger partial charge is 0.480 e. The maximum atomic E-state index is 12.3. The summed E-state index contributed by atoms with van der Waals surface area (Å²) in [6.07, 6.45) is 2.70. The Kier molecular flexibility index (Phi) is 4.71. The van der Waals surface area contributed by atoms with E-state index in [1.807, 2.05) is 16.8 Å². The minimum absolute atomic E-state index is 0.174. The molecule has 23 heavy (non-hydrogen) atoms. The number of carbonyl (C=O) groups is 2. The average molecular weight is 335 g/mol. The topological polar surface area (TPSA) is 96.5 Å². The predicted molar refractivity (Wildman–Crippen MR) is 82.9 cm³/mol. The van der Waals surface area contributed by atoms with Gasteiger partial charge in [-0.15, -0.1) is 0 Å². The van der Waals surface area contributed by atoms with Crippen LogP contribution < -0.4 is 0 Å². The number of likely N-dealkylation sites (tertiary alicyclic amines) is 1. The van der Waals surface area contributed by atoms with Crippen molar-refractivity contribution in [2.24, 2.45) is 0 Å². The van der Waals surface area contributed by atoms with Gasteiger partial charge in [0.15, 0.2) is 0 Å². The molecule has 1 aliphatic heterocycles. The zero-order chi connectivity index (χ0) is 16.2. The lowest BCUT2D eigenvalue weighted by molar-refractivity contribution is -0.152. The summed E-state index contributed by atoms with van der Waals surface area (Å²) >= 11 is 1.55. The van der Waals surface area contributed by atoms with Crippen LogP contribution in [0.1, 0.15) is 31.6 Å².